The number of halogens is 2. The van der Waals surface area contributed by atoms with Gasteiger partial charge >= 0.3 is 0 Å². The first-order valence-electron chi connectivity index (χ1n) is 4.21. The molecule has 3 nitrogen and oxygen atoms in total. The molecule has 0 aliphatic heterocycles. The fourth-order valence-electron chi connectivity index (χ4n) is 1.11. The third kappa shape index (κ3) is 3.32. The normalized spacial score (nSPS) is 11.5. The first-order valence-corrected chi connectivity index (χ1v) is 5.71. The molecule has 0 aromatic heterocycles. The average molecular weight is 291 g/mol. The molecule has 0 fully saturated rings. The standard InChI is InChI=1S/C10H9BrClNO2/c1-7(6-11)4-8-5-9(12)2-3-10(8)13(14)15/h2-5H,6H2,1H3/b7-4-. The van der Waals surface area contributed by atoms with Crippen LogP contribution in [0, 0.1) is 10.1 Å². The second-order valence-corrected chi connectivity index (χ2v) is 4.08. The molecule has 0 saturated heterocycles. The smallest absolute Gasteiger partial charge is 0.258 e. The predicted octanol–water partition coefficient (Wildman–Crippen LogP) is 4.05. The van der Waals surface area contributed by atoms with Gasteiger partial charge in [0.15, 0.2) is 0 Å². The van der Waals surface area contributed by atoms with E-state index in [0.717, 1.165) is 5.57 Å². The second-order valence-electron chi connectivity index (χ2n) is 3.08. The van der Waals surface area contributed by atoms with E-state index in [2.05, 4.69) is 15.9 Å². The Morgan fingerprint density at radius 3 is 2.87 bits per heavy atom. The van der Waals surface area contributed by atoms with E-state index in [1.807, 2.05) is 6.92 Å². The number of nitrogens with zero attached hydrogens (tertiary/aromatic N) is 1. The monoisotopic (exact) mass is 289 g/mol. The van der Waals surface area contributed by atoms with Crippen molar-refractivity contribution in [2.45, 2.75) is 6.92 Å². The van der Waals surface area contributed by atoms with Crippen molar-refractivity contribution >= 4 is 39.3 Å². The van der Waals surface area contributed by atoms with E-state index < -0.39 is 4.92 Å². The predicted molar refractivity (Wildman–Crippen MR) is 65.6 cm³/mol. The molecule has 15 heavy (non-hydrogen) atoms. The molecular formula is C10H9BrClNO2. The lowest BCUT2D eigenvalue weighted by Gasteiger charge is -2.00. The molecule has 80 valence electrons. The Kier molecular flexibility index (Phi) is 4.29. The van der Waals surface area contributed by atoms with Gasteiger partial charge in [0, 0.05) is 16.4 Å². The summed E-state index contributed by atoms with van der Waals surface area (Å²) in [5, 5.41) is 11.9. The molecule has 0 amide bonds. The van der Waals surface area contributed by atoms with Gasteiger partial charge in [-0.2, -0.15) is 0 Å². The van der Waals surface area contributed by atoms with Gasteiger partial charge in [-0.05, 0) is 25.1 Å². The van der Waals surface area contributed by atoms with Crippen molar-refractivity contribution in [2.75, 3.05) is 5.33 Å². The highest BCUT2D eigenvalue weighted by molar-refractivity contribution is 9.09. The van der Waals surface area contributed by atoms with Crippen LogP contribution < -0.4 is 0 Å². The molecule has 0 bridgehead atoms. The van der Waals surface area contributed by atoms with Crippen LogP contribution in [0.15, 0.2) is 23.8 Å². The van der Waals surface area contributed by atoms with E-state index in [9.17, 15) is 10.1 Å². The molecule has 1 aromatic carbocycles. The Labute approximate surface area is 101 Å². The molecule has 0 atom stereocenters. The molecule has 1 rings (SSSR count). The highest BCUT2D eigenvalue weighted by Gasteiger charge is 2.11. The third-order valence-corrected chi connectivity index (χ3v) is 2.92. The molecule has 0 unspecified atom stereocenters. The Balaban J connectivity index is 3.25. The van der Waals surface area contributed by atoms with Gasteiger partial charge in [0.2, 0.25) is 0 Å². The fourth-order valence-corrected chi connectivity index (χ4v) is 1.45. The molecule has 1 aromatic rings. The summed E-state index contributed by atoms with van der Waals surface area (Å²) in [5.41, 5.74) is 1.60. The Morgan fingerprint density at radius 1 is 1.67 bits per heavy atom. The van der Waals surface area contributed by atoms with Crippen molar-refractivity contribution in [3.8, 4) is 0 Å². The van der Waals surface area contributed by atoms with Crippen LogP contribution in [0.25, 0.3) is 6.08 Å². The lowest BCUT2D eigenvalue weighted by molar-refractivity contribution is -0.385. The van der Waals surface area contributed by atoms with Gasteiger partial charge < -0.3 is 0 Å². The summed E-state index contributed by atoms with van der Waals surface area (Å²) in [6, 6.07) is 4.52. The van der Waals surface area contributed by atoms with Gasteiger partial charge in [0.25, 0.3) is 5.69 Å². The van der Waals surface area contributed by atoms with Crippen LogP contribution in [-0.4, -0.2) is 10.3 Å². The minimum Gasteiger partial charge on any atom is -0.258 e. The van der Waals surface area contributed by atoms with E-state index in [-0.39, 0.29) is 5.69 Å². The van der Waals surface area contributed by atoms with Gasteiger partial charge in [-0.1, -0.05) is 33.1 Å². The first kappa shape index (κ1) is 12.2. The Hall–Kier alpha value is -0.870. The molecule has 0 N–H and O–H groups in total. The van der Waals surface area contributed by atoms with E-state index in [0.29, 0.717) is 15.9 Å². The first-order chi connectivity index (χ1) is 7.04. The highest BCUT2D eigenvalue weighted by Crippen LogP contribution is 2.25. The van der Waals surface area contributed by atoms with Crippen LogP contribution in [0.2, 0.25) is 5.02 Å². The SMILES string of the molecule is C/C(=C/c1cc(Cl)ccc1[N+](=O)[O-])CBr. The van der Waals surface area contributed by atoms with Crippen LogP contribution in [0.3, 0.4) is 0 Å². The minimum absolute atomic E-state index is 0.0692. The number of nitro groups is 1. The van der Waals surface area contributed by atoms with Crippen molar-refractivity contribution in [3.05, 3.63) is 44.5 Å². The number of rotatable bonds is 3. The molecule has 5 heteroatoms. The Bertz CT molecular complexity index is 418. The number of alkyl halides is 1. The van der Waals surface area contributed by atoms with E-state index in [1.54, 1.807) is 12.1 Å². The Morgan fingerprint density at radius 2 is 2.33 bits per heavy atom. The number of benzene rings is 1. The van der Waals surface area contributed by atoms with Gasteiger partial charge in [-0.3, -0.25) is 10.1 Å². The zero-order valence-electron chi connectivity index (χ0n) is 8.04. The van der Waals surface area contributed by atoms with Gasteiger partial charge in [0.05, 0.1) is 10.5 Å². The van der Waals surface area contributed by atoms with E-state index in [4.69, 9.17) is 11.6 Å². The van der Waals surface area contributed by atoms with Crippen molar-refractivity contribution in [3.63, 3.8) is 0 Å². The van der Waals surface area contributed by atoms with Crippen molar-refractivity contribution in [2.24, 2.45) is 0 Å². The van der Waals surface area contributed by atoms with Crippen LogP contribution in [-0.2, 0) is 0 Å². The molecule has 0 spiro atoms. The molecule has 0 saturated carbocycles. The number of nitro benzene ring substituents is 1. The summed E-state index contributed by atoms with van der Waals surface area (Å²) < 4.78 is 0. The number of allylic oxidation sites excluding steroid dienone is 1. The van der Waals surface area contributed by atoms with E-state index >= 15 is 0 Å². The number of hydrogen-bond donors (Lipinski definition) is 0. The highest BCUT2D eigenvalue weighted by atomic mass is 79.9. The van der Waals surface area contributed by atoms with Crippen molar-refractivity contribution in [1.82, 2.24) is 0 Å². The van der Waals surface area contributed by atoms with E-state index in [1.165, 1.54) is 12.1 Å². The summed E-state index contributed by atoms with van der Waals surface area (Å²) in [7, 11) is 0. The molecule has 0 aliphatic carbocycles. The maximum atomic E-state index is 10.7. The molecule has 0 aliphatic rings. The number of hydrogen-bond acceptors (Lipinski definition) is 2. The van der Waals surface area contributed by atoms with Gasteiger partial charge in [-0.25, -0.2) is 0 Å². The third-order valence-electron chi connectivity index (χ3n) is 1.80. The maximum absolute atomic E-state index is 10.7. The molecular weight excluding hydrogens is 281 g/mol. The summed E-state index contributed by atoms with van der Waals surface area (Å²) >= 11 is 9.07. The lowest BCUT2D eigenvalue weighted by atomic mass is 10.1. The summed E-state index contributed by atoms with van der Waals surface area (Å²) in [5.74, 6) is 0. The van der Waals surface area contributed by atoms with Crippen LogP contribution in [0.4, 0.5) is 5.69 Å². The minimum atomic E-state index is -0.413. The summed E-state index contributed by atoms with van der Waals surface area (Å²) in [6.07, 6.45) is 1.75. The van der Waals surface area contributed by atoms with Gasteiger partial charge in [0.1, 0.15) is 0 Å². The molecule has 0 heterocycles. The fraction of sp³-hybridized carbons (Fsp3) is 0.200. The van der Waals surface area contributed by atoms with Gasteiger partial charge in [-0.15, -0.1) is 0 Å². The zero-order chi connectivity index (χ0) is 11.4. The summed E-state index contributed by atoms with van der Waals surface area (Å²) in [6.45, 7) is 1.89. The lowest BCUT2D eigenvalue weighted by Crippen LogP contribution is -1.91. The quantitative estimate of drug-likeness (QED) is 0.479. The summed E-state index contributed by atoms with van der Waals surface area (Å²) in [4.78, 5) is 10.3. The average Bonchev–Trinajstić information content (AvgIpc) is 2.17. The van der Waals surface area contributed by atoms with Crippen molar-refractivity contribution < 1.29 is 4.92 Å². The second kappa shape index (κ2) is 5.28. The largest absolute Gasteiger partial charge is 0.276 e. The van der Waals surface area contributed by atoms with Crippen LogP contribution >= 0.6 is 27.5 Å². The maximum Gasteiger partial charge on any atom is 0.276 e. The molecule has 0 radical (unpaired) electrons. The topological polar surface area (TPSA) is 43.1 Å². The van der Waals surface area contributed by atoms with Crippen LogP contribution in [0.5, 0.6) is 0 Å². The zero-order valence-corrected chi connectivity index (χ0v) is 10.4. The van der Waals surface area contributed by atoms with Crippen molar-refractivity contribution in [1.29, 1.82) is 0 Å². The van der Waals surface area contributed by atoms with Crippen LogP contribution in [0.1, 0.15) is 12.5 Å².